The van der Waals surface area contributed by atoms with E-state index in [0.29, 0.717) is 18.4 Å². The first-order valence-electron chi connectivity index (χ1n) is 6.10. The van der Waals surface area contributed by atoms with Crippen LogP contribution in [-0.4, -0.2) is 9.55 Å². The Morgan fingerprint density at radius 2 is 2.33 bits per heavy atom. The van der Waals surface area contributed by atoms with Crippen LogP contribution in [0.4, 0.5) is 5.82 Å². The van der Waals surface area contributed by atoms with Gasteiger partial charge in [0, 0.05) is 18.4 Å². The predicted octanol–water partition coefficient (Wildman–Crippen LogP) is 2.09. The molecule has 0 aliphatic heterocycles. The molecular formula is C13H15N3O2. The van der Waals surface area contributed by atoms with Gasteiger partial charge in [-0.3, -0.25) is 4.79 Å². The molecular weight excluding hydrogens is 230 g/mol. The van der Waals surface area contributed by atoms with E-state index in [9.17, 15) is 4.79 Å². The molecule has 0 radical (unpaired) electrons. The van der Waals surface area contributed by atoms with Crippen molar-refractivity contribution >= 4 is 5.82 Å². The first-order chi connectivity index (χ1) is 8.74. The van der Waals surface area contributed by atoms with Gasteiger partial charge in [-0.1, -0.05) is 0 Å². The van der Waals surface area contributed by atoms with E-state index in [1.54, 1.807) is 17.0 Å². The lowest BCUT2D eigenvalue weighted by Gasteiger charge is -2.06. The van der Waals surface area contributed by atoms with Crippen molar-refractivity contribution in [3.05, 3.63) is 46.4 Å². The fraction of sp³-hybridized carbons (Fsp3) is 0.385. The molecule has 5 heteroatoms. The van der Waals surface area contributed by atoms with Crippen LogP contribution in [-0.2, 0) is 6.54 Å². The van der Waals surface area contributed by atoms with Gasteiger partial charge in [-0.05, 0) is 31.9 Å². The summed E-state index contributed by atoms with van der Waals surface area (Å²) in [7, 11) is 0. The molecule has 0 spiro atoms. The number of aromatic nitrogens is 2. The summed E-state index contributed by atoms with van der Waals surface area (Å²) in [5, 5.41) is 3.03. The van der Waals surface area contributed by atoms with Crippen molar-refractivity contribution in [3.8, 4) is 0 Å². The van der Waals surface area contributed by atoms with Crippen molar-refractivity contribution in [2.24, 2.45) is 0 Å². The van der Waals surface area contributed by atoms with E-state index >= 15 is 0 Å². The second-order valence-corrected chi connectivity index (χ2v) is 4.59. The van der Waals surface area contributed by atoms with Crippen LogP contribution < -0.4 is 10.9 Å². The molecule has 1 N–H and O–H groups in total. The second kappa shape index (κ2) is 4.33. The topological polar surface area (TPSA) is 60.1 Å². The zero-order valence-corrected chi connectivity index (χ0v) is 10.2. The zero-order chi connectivity index (χ0) is 12.5. The summed E-state index contributed by atoms with van der Waals surface area (Å²) >= 11 is 0. The first-order valence-corrected chi connectivity index (χ1v) is 6.10. The Bertz CT molecular complexity index is 611. The van der Waals surface area contributed by atoms with E-state index in [0.717, 1.165) is 24.4 Å². The molecule has 1 saturated carbocycles. The van der Waals surface area contributed by atoms with Crippen molar-refractivity contribution in [2.45, 2.75) is 32.4 Å². The Morgan fingerprint density at radius 3 is 3.00 bits per heavy atom. The van der Waals surface area contributed by atoms with Gasteiger partial charge in [0.25, 0.3) is 5.56 Å². The maximum atomic E-state index is 12.1. The summed E-state index contributed by atoms with van der Waals surface area (Å²) in [6.45, 7) is 2.37. The molecule has 0 amide bonds. The predicted molar refractivity (Wildman–Crippen MR) is 67.5 cm³/mol. The highest BCUT2D eigenvalue weighted by atomic mass is 16.3. The Morgan fingerprint density at radius 1 is 1.50 bits per heavy atom. The molecule has 0 aromatic carbocycles. The van der Waals surface area contributed by atoms with Crippen LogP contribution in [0.1, 0.15) is 30.4 Å². The Labute approximate surface area is 104 Å². The summed E-state index contributed by atoms with van der Waals surface area (Å²) < 4.78 is 7.19. The fourth-order valence-electron chi connectivity index (χ4n) is 1.94. The van der Waals surface area contributed by atoms with Crippen LogP contribution in [0.15, 0.2) is 33.7 Å². The zero-order valence-electron chi connectivity index (χ0n) is 10.2. The molecule has 3 rings (SSSR count). The molecule has 2 heterocycles. The largest absolute Gasteiger partial charge is 0.465 e. The molecule has 5 nitrogen and oxygen atoms in total. The molecule has 0 atom stereocenters. The number of hydrogen-bond donors (Lipinski definition) is 1. The highest BCUT2D eigenvalue weighted by Gasteiger charge is 2.25. The van der Waals surface area contributed by atoms with Gasteiger partial charge in [0.15, 0.2) is 5.82 Å². The van der Waals surface area contributed by atoms with Crippen LogP contribution in [0.3, 0.4) is 0 Å². The number of nitrogens with one attached hydrogen (secondary N) is 1. The van der Waals surface area contributed by atoms with Crippen LogP contribution in [0.25, 0.3) is 0 Å². The minimum Gasteiger partial charge on any atom is -0.465 e. The molecule has 0 unspecified atom stereocenters. The maximum absolute atomic E-state index is 12.1. The van der Waals surface area contributed by atoms with Crippen LogP contribution in [0, 0.1) is 6.92 Å². The monoisotopic (exact) mass is 245 g/mol. The van der Waals surface area contributed by atoms with Crippen molar-refractivity contribution < 1.29 is 4.42 Å². The van der Waals surface area contributed by atoms with Gasteiger partial charge in [0.05, 0.1) is 6.54 Å². The number of furan rings is 1. The third kappa shape index (κ3) is 2.16. The molecule has 0 bridgehead atoms. The lowest BCUT2D eigenvalue weighted by molar-refractivity contribution is 0.490. The van der Waals surface area contributed by atoms with Gasteiger partial charge >= 0.3 is 0 Å². The fourth-order valence-corrected chi connectivity index (χ4v) is 1.94. The van der Waals surface area contributed by atoms with E-state index in [1.165, 1.54) is 0 Å². The van der Waals surface area contributed by atoms with Gasteiger partial charge in [0.2, 0.25) is 0 Å². The average Bonchev–Trinajstić information content (AvgIpc) is 3.11. The minimum atomic E-state index is -0.0525. The van der Waals surface area contributed by atoms with E-state index in [-0.39, 0.29) is 5.56 Å². The van der Waals surface area contributed by atoms with E-state index < -0.39 is 0 Å². The second-order valence-electron chi connectivity index (χ2n) is 4.59. The van der Waals surface area contributed by atoms with Crippen molar-refractivity contribution in [1.29, 1.82) is 0 Å². The molecule has 1 fully saturated rings. The summed E-state index contributed by atoms with van der Waals surface area (Å²) in [6.07, 6.45) is 5.58. The number of rotatable bonds is 4. The highest BCUT2D eigenvalue weighted by Crippen LogP contribution is 2.33. The van der Waals surface area contributed by atoms with Gasteiger partial charge in [-0.25, -0.2) is 4.98 Å². The molecule has 18 heavy (non-hydrogen) atoms. The summed E-state index contributed by atoms with van der Waals surface area (Å²) in [5.41, 5.74) is -0.0525. The summed E-state index contributed by atoms with van der Waals surface area (Å²) in [5.74, 6) is 2.05. The van der Waals surface area contributed by atoms with Gasteiger partial charge in [0.1, 0.15) is 11.5 Å². The molecule has 1 aliphatic rings. The van der Waals surface area contributed by atoms with Crippen LogP contribution in [0.5, 0.6) is 0 Å². The van der Waals surface area contributed by atoms with Gasteiger partial charge in [-0.15, -0.1) is 0 Å². The molecule has 2 aromatic heterocycles. The molecule has 94 valence electrons. The standard InChI is InChI=1S/C13H15N3O2/c1-9-2-5-11(18-9)8-15-12-13(17)16(7-6-14-12)10-3-4-10/h2,5-7,10H,3-4,8H2,1H3,(H,14,15). The van der Waals surface area contributed by atoms with Gasteiger partial charge in [-0.2, -0.15) is 0 Å². The lowest BCUT2D eigenvalue weighted by Crippen LogP contribution is -2.23. The Kier molecular flexibility index (Phi) is 2.66. The normalized spacial score (nSPS) is 14.7. The third-order valence-electron chi connectivity index (χ3n) is 3.03. The Hall–Kier alpha value is -2.04. The smallest absolute Gasteiger partial charge is 0.293 e. The number of anilines is 1. The van der Waals surface area contributed by atoms with Crippen molar-refractivity contribution in [1.82, 2.24) is 9.55 Å². The van der Waals surface area contributed by atoms with E-state index in [2.05, 4.69) is 10.3 Å². The van der Waals surface area contributed by atoms with E-state index in [1.807, 2.05) is 19.1 Å². The molecule has 1 aliphatic carbocycles. The molecule has 2 aromatic rings. The minimum absolute atomic E-state index is 0.0525. The van der Waals surface area contributed by atoms with Gasteiger partial charge < -0.3 is 14.3 Å². The highest BCUT2D eigenvalue weighted by molar-refractivity contribution is 5.31. The SMILES string of the molecule is Cc1ccc(CNc2nccn(C3CC3)c2=O)o1. The van der Waals surface area contributed by atoms with E-state index in [4.69, 9.17) is 4.42 Å². The number of aryl methyl sites for hydroxylation is 1. The number of hydrogen-bond acceptors (Lipinski definition) is 4. The maximum Gasteiger partial charge on any atom is 0.293 e. The van der Waals surface area contributed by atoms with Crippen LogP contribution in [0.2, 0.25) is 0 Å². The summed E-state index contributed by atoms with van der Waals surface area (Å²) in [4.78, 5) is 16.2. The van der Waals surface area contributed by atoms with Crippen molar-refractivity contribution in [2.75, 3.05) is 5.32 Å². The Balaban J connectivity index is 1.76. The quantitative estimate of drug-likeness (QED) is 0.896. The third-order valence-corrected chi connectivity index (χ3v) is 3.03. The average molecular weight is 245 g/mol. The van der Waals surface area contributed by atoms with Crippen molar-refractivity contribution in [3.63, 3.8) is 0 Å². The molecule has 0 saturated heterocycles. The van der Waals surface area contributed by atoms with Crippen LogP contribution >= 0.6 is 0 Å². The summed E-state index contributed by atoms with van der Waals surface area (Å²) in [6, 6.07) is 4.16. The lowest BCUT2D eigenvalue weighted by atomic mass is 10.4. The first kappa shape index (κ1) is 11.1. The number of nitrogens with zero attached hydrogens (tertiary/aromatic N) is 2.